The molecule has 2 aromatic carbocycles. The zero-order valence-electron chi connectivity index (χ0n) is 19.0. The first kappa shape index (κ1) is 22.5. The lowest BCUT2D eigenvalue weighted by Gasteiger charge is -2.20. The van der Waals surface area contributed by atoms with Gasteiger partial charge >= 0.3 is 0 Å². The van der Waals surface area contributed by atoms with Crippen LogP contribution in [0.5, 0.6) is 0 Å². The average molecular weight is 421 g/mol. The van der Waals surface area contributed by atoms with Crippen molar-refractivity contribution < 1.29 is 9.59 Å². The molecule has 164 valence electrons. The van der Waals surface area contributed by atoms with Crippen LogP contribution < -0.4 is 10.6 Å². The third-order valence-electron chi connectivity index (χ3n) is 5.34. The zero-order valence-corrected chi connectivity index (χ0v) is 19.0. The van der Waals surface area contributed by atoms with E-state index in [4.69, 9.17) is 0 Å². The van der Waals surface area contributed by atoms with Gasteiger partial charge in [0.15, 0.2) is 0 Å². The molecule has 1 aromatic heterocycles. The second kappa shape index (κ2) is 9.33. The van der Waals surface area contributed by atoms with E-state index in [0.29, 0.717) is 5.56 Å². The molecule has 0 aliphatic heterocycles. The van der Waals surface area contributed by atoms with Gasteiger partial charge in [0.2, 0.25) is 5.91 Å². The molecule has 0 aliphatic rings. The fourth-order valence-electron chi connectivity index (χ4n) is 3.43. The maximum absolute atomic E-state index is 12.5. The van der Waals surface area contributed by atoms with Crippen LogP contribution in [0.3, 0.4) is 0 Å². The summed E-state index contributed by atoms with van der Waals surface area (Å²) in [6.07, 6.45) is 0.204. The number of aromatic nitrogens is 2. The lowest BCUT2D eigenvalue weighted by Crippen LogP contribution is -2.35. The van der Waals surface area contributed by atoms with Crippen molar-refractivity contribution in [2.45, 2.75) is 52.5 Å². The van der Waals surface area contributed by atoms with Crippen molar-refractivity contribution in [1.29, 1.82) is 0 Å². The average Bonchev–Trinajstić information content (AvgIpc) is 3.15. The van der Waals surface area contributed by atoms with E-state index in [1.54, 1.807) is 0 Å². The summed E-state index contributed by atoms with van der Waals surface area (Å²) in [5, 5.41) is 5.88. The fourth-order valence-corrected chi connectivity index (χ4v) is 3.43. The summed E-state index contributed by atoms with van der Waals surface area (Å²) in [6, 6.07) is 15.2. The normalized spacial score (nSPS) is 12.7. The smallest absolute Gasteiger partial charge is 0.251 e. The van der Waals surface area contributed by atoms with E-state index in [9.17, 15) is 9.59 Å². The van der Waals surface area contributed by atoms with E-state index in [-0.39, 0.29) is 42.2 Å². The Hall–Kier alpha value is -3.15. The molecule has 0 saturated heterocycles. The highest BCUT2D eigenvalue weighted by Gasteiger charge is 2.22. The maximum atomic E-state index is 12.5. The van der Waals surface area contributed by atoms with Gasteiger partial charge in [-0.1, -0.05) is 58.9 Å². The molecule has 0 radical (unpaired) electrons. The topological polar surface area (TPSA) is 86.9 Å². The minimum absolute atomic E-state index is 0.0416. The van der Waals surface area contributed by atoms with Gasteiger partial charge in [0.25, 0.3) is 5.91 Å². The van der Waals surface area contributed by atoms with Crippen LogP contribution in [0.1, 0.15) is 68.8 Å². The summed E-state index contributed by atoms with van der Waals surface area (Å²) < 4.78 is 0. The summed E-state index contributed by atoms with van der Waals surface area (Å²) in [7, 11) is 0. The van der Waals surface area contributed by atoms with E-state index in [1.165, 1.54) is 5.56 Å². The first-order valence-electron chi connectivity index (χ1n) is 10.8. The number of hydrogen-bond acceptors (Lipinski definition) is 3. The van der Waals surface area contributed by atoms with Crippen molar-refractivity contribution >= 4 is 22.8 Å². The minimum Gasteiger partial charge on any atom is -0.352 e. The Bertz CT molecular complexity index is 1010. The second-order valence-corrected chi connectivity index (χ2v) is 9.26. The van der Waals surface area contributed by atoms with Crippen LogP contribution in [-0.4, -0.2) is 28.3 Å². The molecule has 0 fully saturated rings. The number of amides is 2. The van der Waals surface area contributed by atoms with Gasteiger partial charge in [-0.25, -0.2) is 4.98 Å². The molecular weight excluding hydrogens is 388 g/mol. The molecule has 6 heteroatoms. The van der Waals surface area contributed by atoms with Crippen LogP contribution in [0.25, 0.3) is 11.0 Å². The fraction of sp³-hybridized carbons (Fsp3) is 0.400. The number of nitrogens with one attached hydrogen (secondary N) is 3. The summed E-state index contributed by atoms with van der Waals surface area (Å²) in [6.45, 7) is 10.8. The maximum Gasteiger partial charge on any atom is 0.251 e. The van der Waals surface area contributed by atoms with Crippen LogP contribution >= 0.6 is 0 Å². The highest BCUT2D eigenvalue weighted by atomic mass is 16.2. The molecule has 3 rings (SSSR count). The molecule has 31 heavy (non-hydrogen) atoms. The highest BCUT2D eigenvalue weighted by Crippen LogP contribution is 2.23. The first-order valence-corrected chi connectivity index (χ1v) is 10.8. The van der Waals surface area contributed by atoms with E-state index >= 15 is 0 Å². The number of imidazole rings is 1. The zero-order chi connectivity index (χ0) is 22.6. The van der Waals surface area contributed by atoms with Gasteiger partial charge < -0.3 is 15.6 Å². The number of aromatic amines is 1. The summed E-state index contributed by atoms with van der Waals surface area (Å²) >= 11 is 0. The number of hydrogen-bond donors (Lipinski definition) is 3. The molecular formula is C25H32N4O2. The van der Waals surface area contributed by atoms with Crippen LogP contribution in [0, 0.1) is 5.92 Å². The van der Waals surface area contributed by atoms with Crippen LogP contribution in [0.2, 0.25) is 0 Å². The van der Waals surface area contributed by atoms with Gasteiger partial charge in [0.05, 0.1) is 17.1 Å². The van der Waals surface area contributed by atoms with Gasteiger partial charge in [-0.05, 0) is 41.2 Å². The Kier molecular flexibility index (Phi) is 6.78. The van der Waals surface area contributed by atoms with Gasteiger partial charge in [-0.2, -0.15) is 0 Å². The van der Waals surface area contributed by atoms with E-state index in [1.807, 2.05) is 62.4 Å². The van der Waals surface area contributed by atoms with E-state index < -0.39 is 0 Å². The standard InChI is InChI=1S/C25H32N4O2/c1-16(2)22(23-27-19-8-6-7-9-20(19)28-23)29-21(30)14-15-26-24(31)17-10-12-18(13-11-17)25(3,4)5/h6-13,16,22H,14-15H2,1-5H3,(H,26,31)(H,27,28)(H,29,30)/t22-/m0/s1. The van der Waals surface area contributed by atoms with Gasteiger partial charge in [-0.3, -0.25) is 9.59 Å². The largest absolute Gasteiger partial charge is 0.352 e. The minimum atomic E-state index is -0.222. The number of para-hydroxylation sites is 2. The Morgan fingerprint density at radius 1 is 1.03 bits per heavy atom. The van der Waals surface area contributed by atoms with Crippen LogP contribution in [0.15, 0.2) is 48.5 Å². The molecule has 6 nitrogen and oxygen atoms in total. The third-order valence-corrected chi connectivity index (χ3v) is 5.34. The van der Waals surface area contributed by atoms with Crippen molar-refractivity contribution in [3.05, 3.63) is 65.5 Å². The second-order valence-electron chi connectivity index (χ2n) is 9.26. The molecule has 1 heterocycles. The monoisotopic (exact) mass is 420 g/mol. The lowest BCUT2D eigenvalue weighted by molar-refractivity contribution is -0.122. The Morgan fingerprint density at radius 3 is 2.32 bits per heavy atom. The predicted molar refractivity (Wildman–Crippen MR) is 124 cm³/mol. The summed E-state index contributed by atoms with van der Waals surface area (Å²) in [4.78, 5) is 32.8. The van der Waals surface area contributed by atoms with Crippen molar-refractivity contribution in [2.24, 2.45) is 5.92 Å². The molecule has 2 amide bonds. The predicted octanol–water partition coefficient (Wildman–Crippen LogP) is 4.49. The molecule has 1 atom stereocenters. The Labute approximate surface area is 183 Å². The molecule has 0 unspecified atom stereocenters. The number of fused-ring (bicyclic) bond motifs is 1. The lowest BCUT2D eigenvalue weighted by atomic mass is 9.87. The summed E-state index contributed by atoms with van der Waals surface area (Å²) in [5.41, 5.74) is 3.63. The quantitative estimate of drug-likeness (QED) is 0.526. The van der Waals surface area contributed by atoms with Crippen molar-refractivity contribution in [3.63, 3.8) is 0 Å². The van der Waals surface area contributed by atoms with Crippen LogP contribution in [-0.2, 0) is 10.2 Å². The van der Waals surface area contributed by atoms with Crippen molar-refractivity contribution in [2.75, 3.05) is 6.54 Å². The summed E-state index contributed by atoms with van der Waals surface area (Å²) in [5.74, 6) is 0.612. The number of carbonyl (C=O) groups is 2. The number of benzene rings is 2. The number of carbonyl (C=O) groups excluding carboxylic acids is 2. The molecule has 0 bridgehead atoms. The molecule has 0 aliphatic carbocycles. The van der Waals surface area contributed by atoms with E-state index in [0.717, 1.165) is 16.9 Å². The van der Waals surface area contributed by atoms with Crippen molar-refractivity contribution in [1.82, 2.24) is 20.6 Å². The van der Waals surface area contributed by atoms with Gasteiger partial charge in [-0.15, -0.1) is 0 Å². The SMILES string of the molecule is CC(C)[C@H](NC(=O)CCNC(=O)c1ccc(C(C)(C)C)cc1)c1nc2ccccc2[nH]1. The molecule has 3 aromatic rings. The third kappa shape index (κ3) is 5.72. The van der Waals surface area contributed by atoms with Crippen molar-refractivity contribution in [3.8, 4) is 0 Å². The van der Waals surface area contributed by atoms with Gasteiger partial charge in [0.1, 0.15) is 5.82 Å². The molecule has 0 spiro atoms. The number of rotatable bonds is 7. The highest BCUT2D eigenvalue weighted by molar-refractivity contribution is 5.94. The number of H-pyrrole nitrogens is 1. The first-order chi connectivity index (χ1) is 14.6. The number of nitrogens with zero attached hydrogens (tertiary/aromatic N) is 1. The molecule has 0 saturated carbocycles. The van der Waals surface area contributed by atoms with Crippen LogP contribution in [0.4, 0.5) is 0 Å². The Morgan fingerprint density at radius 2 is 1.71 bits per heavy atom. The van der Waals surface area contributed by atoms with Gasteiger partial charge in [0, 0.05) is 18.5 Å². The Balaban J connectivity index is 1.54. The molecule has 3 N–H and O–H groups in total. The van der Waals surface area contributed by atoms with E-state index in [2.05, 4.69) is 41.4 Å².